The molecule has 0 spiro atoms. The van der Waals surface area contributed by atoms with E-state index in [4.69, 9.17) is 13.9 Å². The summed E-state index contributed by atoms with van der Waals surface area (Å²) < 4.78 is 16.7. The average molecular weight is 411 g/mol. The average Bonchev–Trinajstić information content (AvgIpc) is 3.25. The third kappa shape index (κ3) is 4.93. The lowest BCUT2D eigenvalue weighted by molar-refractivity contribution is -0.123. The molecule has 0 saturated carbocycles. The number of furan rings is 1. The lowest BCUT2D eigenvalue weighted by Gasteiger charge is -2.13. The smallest absolute Gasteiger partial charge is 0.362 e. The quantitative estimate of drug-likeness (QED) is 0.564. The van der Waals surface area contributed by atoms with E-state index in [1.165, 1.54) is 6.26 Å². The minimum absolute atomic E-state index is 0.118. The summed E-state index contributed by atoms with van der Waals surface area (Å²) in [4.78, 5) is 37.0. The Balaban J connectivity index is 1.83. The van der Waals surface area contributed by atoms with E-state index in [0.717, 1.165) is 16.3 Å². The summed E-state index contributed by atoms with van der Waals surface area (Å²) >= 11 is 0. The van der Waals surface area contributed by atoms with E-state index >= 15 is 0 Å². The van der Waals surface area contributed by atoms with Gasteiger partial charge >= 0.3 is 5.97 Å². The van der Waals surface area contributed by atoms with Crippen molar-refractivity contribution in [2.24, 2.45) is 0 Å². The van der Waals surface area contributed by atoms with Crippen LogP contribution in [0.15, 0.2) is 57.9 Å². The number of aromatic nitrogens is 2. The fourth-order valence-electron chi connectivity index (χ4n) is 2.66. The molecule has 0 aliphatic heterocycles. The summed E-state index contributed by atoms with van der Waals surface area (Å²) in [6, 6.07) is 11.7. The van der Waals surface area contributed by atoms with Gasteiger partial charge in [0.1, 0.15) is 5.76 Å². The number of hydrogen-bond donors (Lipinski definition) is 1. The molecule has 1 N–H and O–H groups in total. The van der Waals surface area contributed by atoms with Crippen LogP contribution in [-0.4, -0.2) is 34.9 Å². The Morgan fingerprint density at radius 2 is 2.00 bits per heavy atom. The van der Waals surface area contributed by atoms with Crippen molar-refractivity contribution < 1.29 is 23.5 Å². The second kappa shape index (κ2) is 9.55. The van der Waals surface area contributed by atoms with Gasteiger partial charge in [-0.1, -0.05) is 18.2 Å². The Hall–Kier alpha value is -3.88. The second-order valence-corrected chi connectivity index (χ2v) is 6.26. The molecule has 0 atom stereocenters. The van der Waals surface area contributed by atoms with Crippen LogP contribution in [0.3, 0.4) is 0 Å². The molecule has 0 bridgehead atoms. The van der Waals surface area contributed by atoms with Crippen LogP contribution in [-0.2, 0) is 16.1 Å². The van der Waals surface area contributed by atoms with Gasteiger partial charge in [0.25, 0.3) is 11.5 Å². The second-order valence-electron chi connectivity index (χ2n) is 6.26. The minimum Gasteiger partial charge on any atom is -0.481 e. The van der Waals surface area contributed by atoms with Crippen LogP contribution in [0.1, 0.15) is 28.7 Å². The maximum absolute atomic E-state index is 12.6. The predicted molar refractivity (Wildman–Crippen MR) is 107 cm³/mol. The summed E-state index contributed by atoms with van der Waals surface area (Å²) in [7, 11) is 0. The number of carbonyl (C=O) groups is 2. The summed E-state index contributed by atoms with van der Waals surface area (Å²) in [5, 5.41) is 6.76. The van der Waals surface area contributed by atoms with Gasteiger partial charge in [-0.05, 0) is 37.6 Å². The Kier molecular flexibility index (Phi) is 6.63. The normalized spacial score (nSPS) is 10.5. The lowest BCUT2D eigenvalue weighted by atomic mass is 10.2. The maximum Gasteiger partial charge on any atom is 0.362 e. The van der Waals surface area contributed by atoms with Crippen molar-refractivity contribution in [3.8, 4) is 11.4 Å². The first-order chi connectivity index (χ1) is 14.5. The molecule has 1 aromatic carbocycles. The van der Waals surface area contributed by atoms with Crippen LogP contribution in [0.4, 0.5) is 0 Å². The van der Waals surface area contributed by atoms with E-state index < -0.39 is 24.0 Å². The van der Waals surface area contributed by atoms with Gasteiger partial charge in [-0.15, -0.1) is 0 Å². The van der Waals surface area contributed by atoms with Crippen molar-refractivity contribution in [3.05, 3.63) is 76.1 Å². The molecule has 0 aliphatic carbocycles. The van der Waals surface area contributed by atoms with Crippen LogP contribution in [0.25, 0.3) is 5.69 Å². The highest BCUT2D eigenvalue weighted by atomic mass is 16.5. The van der Waals surface area contributed by atoms with Crippen LogP contribution in [0.2, 0.25) is 0 Å². The van der Waals surface area contributed by atoms with Crippen LogP contribution < -0.4 is 15.6 Å². The number of ether oxygens (including phenoxy) is 2. The fraction of sp³-hybridized carbons (Fsp3) is 0.238. The van der Waals surface area contributed by atoms with Crippen LogP contribution >= 0.6 is 0 Å². The van der Waals surface area contributed by atoms with Gasteiger partial charge in [-0.25, -0.2) is 4.79 Å². The van der Waals surface area contributed by atoms with E-state index in [9.17, 15) is 14.4 Å². The standard InChI is InChI=1S/C21H21N3O6/c1-3-28-21(27)20-17(30-13-18(25)22-12-15-8-6-10-29-15)11-19(26)24(23-20)16-9-5-4-7-14(16)2/h4-11H,3,12-13H2,1-2H3,(H,22,25). The predicted octanol–water partition coefficient (Wildman–Crippen LogP) is 2.01. The SMILES string of the molecule is CCOC(=O)c1nn(-c2ccccc2C)c(=O)cc1OCC(=O)NCc1ccco1. The summed E-state index contributed by atoms with van der Waals surface area (Å²) in [6.07, 6.45) is 1.50. The summed E-state index contributed by atoms with van der Waals surface area (Å²) in [5.41, 5.74) is 0.616. The molecule has 2 heterocycles. The van der Waals surface area contributed by atoms with E-state index in [2.05, 4.69) is 10.4 Å². The number of hydrogen-bond acceptors (Lipinski definition) is 7. The summed E-state index contributed by atoms with van der Waals surface area (Å²) in [6.45, 7) is 3.36. The fourth-order valence-corrected chi connectivity index (χ4v) is 2.66. The van der Waals surface area contributed by atoms with Gasteiger partial charge in [0.2, 0.25) is 5.69 Å². The number of aryl methyl sites for hydroxylation is 1. The number of amides is 1. The van der Waals surface area contributed by atoms with Crippen molar-refractivity contribution in [3.63, 3.8) is 0 Å². The molecule has 0 radical (unpaired) electrons. The number of carbonyl (C=O) groups excluding carboxylic acids is 2. The maximum atomic E-state index is 12.6. The highest BCUT2D eigenvalue weighted by Crippen LogP contribution is 2.17. The van der Waals surface area contributed by atoms with Crippen molar-refractivity contribution >= 4 is 11.9 Å². The highest BCUT2D eigenvalue weighted by Gasteiger charge is 2.21. The first-order valence-corrected chi connectivity index (χ1v) is 9.29. The zero-order valence-corrected chi connectivity index (χ0v) is 16.6. The van der Waals surface area contributed by atoms with Crippen molar-refractivity contribution in [1.82, 2.24) is 15.1 Å². The first-order valence-electron chi connectivity index (χ1n) is 9.29. The molecular formula is C21H21N3O6. The van der Waals surface area contributed by atoms with Crippen LogP contribution in [0, 0.1) is 6.92 Å². The number of nitrogens with one attached hydrogen (secondary N) is 1. The highest BCUT2D eigenvalue weighted by molar-refractivity contribution is 5.90. The summed E-state index contributed by atoms with van der Waals surface area (Å²) in [5.74, 6) is -0.760. The molecule has 1 amide bonds. The molecule has 3 aromatic rings. The number of para-hydroxylation sites is 1. The number of esters is 1. The minimum atomic E-state index is -0.758. The van der Waals surface area contributed by atoms with Gasteiger partial charge in [0, 0.05) is 0 Å². The number of nitrogens with zero attached hydrogens (tertiary/aromatic N) is 2. The third-order valence-electron chi connectivity index (χ3n) is 4.11. The molecule has 0 unspecified atom stereocenters. The van der Waals surface area contributed by atoms with E-state index in [0.29, 0.717) is 11.4 Å². The largest absolute Gasteiger partial charge is 0.481 e. The molecule has 156 valence electrons. The van der Waals surface area contributed by atoms with Crippen LogP contribution in [0.5, 0.6) is 5.75 Å². The molecule has 9 nitrogen and oxygen atoms in total. The van der Waals surface area contributed by atoms with Gasteiger partial charge < -0.3 is 19.2 Å². The zero-order chi connectivity index (χ0) is 21.5. The molecule has 0 saturated heterocycles. The Bertz CT molecular complexity index is 1090. The molecule has 3 rings (SSSR count). The Morgan fingerprint density at radius 3 is 2.70 bits per heavy atom. The van der Waals surface area contributed by atoms with Gasteiger partial charge in [0.05, 0.1) is 31.2 Å². The van der Waals surface area contributed by atoms with E-state index in [-0.39, 0.29) is 24.6 Å². The molecular weight excluding hydrogens is 390 g/mol. The van der Waals surface area contributed by atoms with Gasteiger partial charge in [-0.2, -0.15) is 9.78 Å². The van der Waals surface area contributed by atoms with Gasteiger partial charge in [-0.3, -0.25) is 9.59 Å². The molecule has 9 heteroatoms. The van der Waals surface area contributed by atoms with Crippen molar-refractivity contribution in [2.75, 3.05) is 13.2 Å². The number of rotatable bonds is 8. The first kappa shape index (κ1) is 20.8. The molecule has 2 aromatic heterocycles. The monoisotopic (exact) mass is 411 g/mol. The molecule has 0 aliphatic rings. The van der Waals surface area contributed by atoms with Gasteiger partial charge in [0.15, 0.2) is 12.4 Å². The Labute approximate surface area is 172 Å². The third-order valence-corrected chi connectivity index (χ3v) is 4.11. The Morgan fingerprint density at radius 1 is 1.20 bits per heavy atom. The van der Waals surface area contributed by atoms with E-state index in [1.54, 1.807) is 31.2 Å². The van der Waals surface area contributed by atoms with Crippen molar-refractivity contribution in [2.45, 2.75) is 20.4 Å². The zero-order valence-electron chi connectivity index (χ0n) is 16.6. The lowest BCUT2D eigenvalue weighted by Crippen LogP contribution is -2.30. The van der Waals surface area contributed by atoms with E-state index in [1.807, 2.05) is 19.1 Å². The van der Waals surface area contributed by atoms with Crippen molar-refractivity contribution in [1.29, 1.82) is 0 Å². The topological polar surface area (TPSA) is 113 Å². The molecule has 30 heavy (non-hydrogen) atoms. The number of benzene rings is 1. The molecule has 0 fully saturated rings.